The summed E-state index contributed by atoms with van der Waals surface area (Å²) in [7, 11) is 0. The molecule has 0 N–H and O–H groups in total. The summed E-state index contributed by atoms with van der Waals surface area (Å²) in [4.78, 5) is 9.32. The molecule has 0 aromatic carbocycles. The molecule has 0 saturated carbocycles. The van der Waals surface area contributed by atoms with E-state index in [1.165, 1.54) is 17.2 Å². The molecular formula is C13H15F3N4O. The van der Waals surface area contributed by atoms with E-state index in [9.17, 15) is 13.2 Å². The van der Waals surface area contributed by atoms with Gasteiger partial charge in [0, 0.05) is 12.7 Å². The Morgan fingerprint density at radius 1 is 1.33 bits per heavy atom. The van der Waals surface area contributed by atoms with Gasteiger partial charge >= 0.3 is 6.18 Å². The van der Waals surface area contributed by atoms with Crippen LogP contribution >= 0.6 is 0 Å². The molecule has 0 aliphatic carbocycles. The minimum absolute atomic E-state index is 0.0981. The lowest BCUT2D eigenvalue weighted by molar-refractivity contribution is -0.302. The van der Waals surface area contributed by atoms with Crippen molar-refractivity contribution < 1.29 is 17.9 Å². The van der Waals surface area contributed by atoms with Gasteiger partial charge in [-0.25, -0.2) is 9.97 Å². The van der Waals surface area contributed by atoms with Gasteiger partial charge in [0.25, 0.3) is 0 Å². The Balaban J connectivity index is 2.38. The first kappa shape index (κ1) is 15.5. The molecule has 2 rings (SSSR count). The van der Waals surface area contributed by atoms with Crippen LogP contribution in [0.3, 0.4) is 0 Å². The largest absolute Gasteiger partial charge is 0.418 e. The predicted octanol–water partition coefficient (Wildman–Crippen LogP) is 2.28. The standard InChI is InChI=1S/C13H15F3N4O/c1-11(2)7-20(8-12(3,21-11)13(14,15)16)10-18-5-4-9(6-17)19-10/h4-5H,7-8H2,1-3H3. The summed E-state index contributed by atoms with van der Waals surface area (Å²) in [5.41, 5.74) is -3.23. The summed E-state index contributed by atoms with van der Waals surface area (Å²) in [6.45, 7) is 3.95. The lowest BCUT2D eigenvalue weighted by Crippen LogP contribution is -2.64. The number of rotatable bonds is 1. The Kier molecular flexibility index (Phi) is 3.58. The third-order valence-corrected chi connectivity index (χ3v) is 3.21. The Labute approximate surface area is 120 Å². The van der Waals surface area contributed by atoms with Gasteiger partial charge in [-0.15, -0.1) is 0 Å². The number of anilines is 1. The molecule has 1 aliphatic rings. The van der Waals surface area contributed by atoms with Crippen LogP contribution in [0.5, 0.6) is 0 Å². The first-order valence-corrected chi connectivity index (χ1v) is 6.31. The molecule has 1 aromatic rings. The molecule has 0 radical (unpaired) electrons. The second kappa shape index (κ2) is 4.84. The minimum Gasteiger partial charge on any atom is -0.356 e. The fraction of sp³-hybridized carbons (Fsp3) is 0.615. The Morgan fingerprint density at radius 3 is 2.57 bits per heavy atom. The zero-order valence-electron chi connectivity index (χ0n) is 11.9. The molecule has 114 valence electrons. The molecule has 1 aromatic heterocycles. The van der Waals surface area contributed by atoms with Gasteiger partial charge < -0.3 is 9.64 Å². The van der Waals surface area contributed by atoms with E-state index >= 15 is 0 Å². The monoisotopic (exact) mass is 300 g/mol. The molecule has 21 heavy (non-hydrogen) atoms. The highest BCUT2D eigenvalue weighted by Gasteiger charge is 2.58. The van der Waals surface area contributed by atoms with Gasteiger partial charge in [0.1, 0.15) is 11.8 Å². The maximum Gasteiger partial charge on any atom is 0.418 e. The summed E-state index contributed by atoms with van der Waals surface area (Å²) < 4.78 is 45.0. The molecular weight excluding hydrogens is 285 g/mol. The van der Waals surface area contributed by atoms with E-state index in [0.717, 1.165) is 6.92 Å². The fourth-order valence-electron chi connectivity index (χ4n) is 2.41. The quantitative estimate of drug-likeness (QED) is 0.796. The lowest BCUT2D eigenvalue weighted by atomic mass is 9.97. The van der Waals surface area contributed by atoms with Crippen molar-refractivity contribution in [2.24, 2.45) is 0 Å². The van der Waals surface area contributed by atoms with Crippen molar-refractivity contribution in [1.29, 1.82) is 5.26 Å². The number of hydrogen-bond donors (Lipinski definition) is 0. The van der Waals surface area contributed by atoms with Crippen LogP contribution < -0.4 is 4.90 Å². The average molecular weight is 300 g/mol. The highest BCUT2D eigenvalue weighted by Crippen LogP contribution is 2.41. The highest BCUT2D eigenvalue weighted by molar-refractivity contribution is 5.36. The number of halogens is 3. The van der Waals surface area contributed by atoms with E-state index in [1.807, 2.05) is 6.07 Å². The van der Waals surface area contributed by atoms with Crippen molar-refractivity contribution in [3.8, 4) is 6.07 Å². The van der Waals surface area contributed by atoms with Gasteiger partial charge in [-0.1, -0.05) is 0 Å². The summed E-state index contributed by atoms with van der Waals surface area (Å²) in [5.74, 6) is 0.0981. The van der Waals surface area contributed by atoms with E-state index in [2.05, 4.69) is 9.97 Å². The SMILES string of the molecule is CC1(C)CN(c2nccc(C#N)n2)CC(C)(C(F)(F)F)O1. The van der Waals surface area contributed by atoms with Gasteiger partial charge in [-0.3, -0.25) is 0 Å². The summed E-state index contributed by atoms with van der Waals surface area (Å²) in [5, 5.41) is 8.83. The zero-order chi connectivity index (χ0) is 15.9. The van der Waals surface area contributed by atoms with Crippen LogP contribution in [0, 0.1) is 11.3 Å². The smallest absolute Gasteiger partial charge is 0.356 e. The molecule has 1 unspecified atom stereocenters. The fourth-order valence-corrected chi connectivity index (χ4v) is 2.41. The Morgan fingerprint density at radius 2 is 2.00 bits per heavy atom. The molecule has 0 spiro atoms. The van der Waals surface area contributed by atoms with Gasteiger partial charge in [-0.05, 0) is 26.8 Å². The van der Waals surface area contributed by atoms with Crippen LogP contribution in [-0.4, -0.2) is 40.4 Å². The molecule has 8 heteroatoms. The molecule has 5 nitrogen and oxygen atoms in total. The van der Waals surface area contributed by atoms with Crippen molar-refractivity contribution >= 4 is 5.95 Å². The van der Waals surface area contributed by atoms with Gasteiger partial charge in [-0.2, -0.15) is 18.4 Å². The van der Waals surface area contributed by atoms with Crippen LogP contribution in [0.15, 0.2) is 12.3 Å². The highest BCUT2D eigenvalue weighted by atomic mass is 19.4. The number of hydrogen-bond acceptors (Lipinski definition) is 5. The van der Waals surface area contributed by atoms with Gasteiger partial charge in [0.05, 0.1) is 12.1 Å². The van der Waals surface area contributed by atoms with Crippen LogP contribution in [0.2, 0.25) is 0 Å². The topological polar surface area (TPSA) is 62.0 Å². The molecule has 2 heterocycles. The Bertz CT molecular complexity index is 582. The van der Waals surface area contributed by atoms with E-state index in [-0.39, 0.29) is 18.2 Å². The molecule has 1 fully saturated rings. The lowest BCUT2D eigenvalue weighted by Gasteiger charge is -2.48. The number of morpholine rings is 1. The second-order valence-electron chi connectivity index (χ2n) is 5.80. The second-order valence-corrected chi connectivity index (χ2v) is 5.80. The normalized spacial score (nSPS) is 25.5. The van der Waals surface area contributed by atoms with Gasteiger partial charge in [0.2, 0.25) is 5.95 Å². The summed E-state index contributed by atoms with van der Waals surface area (Å²) >= 11 is 0. The van der Waals surface area contributed by atoms with Crippen LogP contribution in [0.1, 0.15) is 26.5 Å². The average Bonchev–Trinajstić information content (AvgIpc) is 2.35. The van der Waals surface area contributed by atoms with Crippen LogP contribution in [0.4, 0.5) is 19.1 Å². The minimum atomic E-state index is -4.52. The first-order chi connectivity index (χ1) is 9.56. The zero-order valence-corrected chi connectivity index (χ0v) is 11.9. The summed E-state index contributed by atoms with van der Waals surface area (Å²) in [6, 6.07) is 3.25. The van der Waals surface area contributed by atoms with Crippen molar-refractivity contribution in [1.82, 2.24) is 9.97 Å². The van der Waals surface area contributed by atoms with E-state index in [1.54, 1.807) is 13.8 Å². The van der Waals surface area contributed by atoms with Crippen molar-refractivity contribution in [3.63, 3.8) is 0 Å². The van der Waals surface area contributed by atoms with Crippen molar-refractivity contribution in [2.45, 2.75) is 38.1 Å². The maximum absolute atomic E-state index is 13.3. The van der Waals surface area contributed by atoms with Crippen molar-refractivity contribution in [3.05, 3.63) is 18.0 Å². The van der Waals surface area contributed by atoms with Crippen LogP contribution in [-0.2, 0) is 4.74 Å². The third-order valence-electron chi connectivity index (χ3n) is 3.21. The predicted molar refractivity (Wildman–Crippen MR) is 68.6 cm³/mol. The number of ether oxygens (including phenoxy) is 1. The number of nitriles is 1. The van der Waals surface area contributed by atoms with Crippen molar-refractivity contribution in [2.75, 3.05) is 18.0 Å². The van der Waals surface area contributed by atoms with E-state index in [0.29, 0.717) is 0 Å². The number of aromatic nitrogens is 2. The van der Waals surface area contributed by atoms with Crippen LogP contribution in [0.25, 0.3) is 0 Å². The molecule has 1 atom stereocenters. The van der Waals surface area contributed by atoms with Gasteiger partial charge in [0.15, 0.2) is 5.60 Å². The molecule has 0 amide bonds. The van der Waals surface area contributed by atoms with E-state index in [4.69, 9.17) is 10.00 Å². The number of nitrogens with zero attached hydrogens (tertiary/aromatic N) is 4. The molecule has 1 saturated heterocycles. The number of alkyl halides is 3. The maximum atomic E-state index is 13.3. The summed E-state index contributed by atoms with van der Waals surface area (Å²) in [6.07, 6.45) is -3.16. The molecule has 1 aliphatic heterocycles. The first-order valence-electron chi connectivity index (χ1n) is 6.31. The molecule has 0 bridgehead atoms. The third kappa shape index (κ3) is 3.08. The Hall–Kier alpha value is -1.88. The van der Waals surface area contributed by atoms with E-state index < -0.39 is 23.9 Å².